The average molecular weight is 494 g/mol. The first-order valence-electron chi connectivity index (χ1n) is 6.74. The van der Waals surface area contributed by atoms with Crippen LogP contribution in [0.15, 0.2) is 30.3 Å². The number of ether oxygens (including phenoxy) is 3. The lowest BCUT2D eigenvalue weighted by Crippen LogP contribution is -3.59. The van der Waals surface area contributed by atoms with Crippen LogP contribution in [0.2, 0.25) is 0 Å². The van der Waals surface area contributed by atoms with Crippen LogP contribution in [-0.4, -0.2) is 44.8 Å². The summed E-state index contributed by atoms with van der Waals surface area (Å²) in [4.78, 5) is 0. The SMILES string of the molecule is C(#C[I+]c1ccccc1)COC1OCCCO1.O=S(=O)([O-])C(F)(F)F. The minimum atomic E-state index is -6.09. The van der Waals surface area contributed by atoms with Crippen LogP contribution in [0.5, 0.6) is 0 Å². The standard InChI is InChI=1S/C13H14IO3.CHF3O3S/c1-2-6-12(7-3-1)14-8-4-9-15-13-16-10-5-11-17-13;2-1(3,4)8(5,6)7/h1-3,6-7,13H,5,9-11H2;(H,5,6,7)/q+1;/p-1. The van der Waals surface area contributed by atoms with Gasteiger partial charge in [0.25, 0.3) is 6.48 Å². The van der Waals surface area contributed by atoms with E-state index in [-0.39, 0.29) is 21.2 Å². The van der Waals surface area contributed by atoms with Crippen molar-refractivity contribution in [2.75, 3.05) is 19.8 Å². The summed E-state index contributed by atoms with van der Waals surface area (Å²) in [6.07, 6.45) is 0.936. The number of hydrogen-bond donors (Lipinski definition) is 0. The molecule has 0 spiro atoms. The van der Waals surface area contributed by atoms with E-state index in [4.69, 9.17) is 27.2 Å². The Morgan fingerprint density at radius 2 is 1.80 bits per heavy atom. The van der Waals surface area contributed by atoms with Gasteiger partial charge in [-0.25, -0.2) is 8.42 Å². The lowest BCUT2D eigenvalue weighted by Gasteiger charge is -2.21. The molecule has 0 saturated carbocycles. The Bertz CT molecular complexity index is 663. The van der Waals surface area contributed by atoms with E-state index in [1.165, 1.54) is 3.57 Å². The Labute approximate surface area is 153 Å². The molecular weight excluding hydrogens is 480 g/mol. The Morgan fingerprint density at radius 3 is 2.32 bits per heavy atom. The molecule has 1 saturated heterocycles. The van der Waals surface area contributed by atoms with Gasteiger partial charge in [0, 0.05) is 0 Å². The molecule has 1 fully saturated rings. The Morgan fingerprint density at radius 1 is 1.24 bits per heavy atom. The molecule has 1 heterocycles. The van der Waals surface area contributed by atoms with Gasteiger partial charge in [0.15, 0.2) is 14.0 Å². The molecule has 0 unspecified atom stereocenters. The van der Waals surface area contributed by atoms with Crippen molar-refractivity contribution in [1.29, 1.82) is 0 Å². The third-order valence-corrected chi connectivity index (χ3v) is 4.89. The average Bonchev–Trinajstić information content (AvgIpc) is 2.55. The molecule has 0 atom stereocenters. The molecule has 0 aliphatic carbocycles. The molecule has 1 aliphatic rings. The van der Waals surface area contributed by atoms with Crippen LogP contribution in [-0.2, 0) is 24.3 Å². The molecule has 140 valence electrons. The van der Waals surface area contributed by atoms with Crippen LogP contribution in [0.1, 0.15) is 6.42 Å². The smallest absolute Gasteiger partial charge is 0.485 e. The number of alkyl halides is 3. The quantitative estimate of drug-likeness (QED) is 0.225. The number of rotatable bonds is 3. The largest absolute Gasteiger partial charge is 0.741 e. The van der Waals surface area contributed by atoms with Crippen LogP contribution in [0.4, 0.5) is 13.2 Å². The molecule has 0 bridgehead atoms. The van der Waals surface area contributed by atoms with Gasteiger partial charge in [0.2, 0.25) is 3.57 Å². The van der Waals surface area contributed by atoms with Crippen LogP contribution in [0.3, 0.4) is 0 Å². The summed E-state index contributed by atoms with van der Waals surface area (Å²) < 4.78 is 79.2. The lowest BCUT2D eigenvalue weighted by molar-refractivity contribution is -0.535. The molecular formula is C14H14F3IO6S. The predicted molar refractivity (Wildman–Crippen MR) is 74.9 cm³/mol. The van der Waals surface area contributed by atoms with Crippen LogP contribution in [0, 0.1) is 13.4 Å². The van der Waals surface area contributed by atoms with Gasteiger partial charge in [0.05, 0.1) is 13.2 Å². The van der Waals surface area contributed by atoms with Crippen molar-refractivity contribution in [3.05, 3.63) is 33.9 Å². The summed E-state index contributed by atoms with van der Waals surface area (Å²) in [7, 11) is -6.09. The number of halogens is 4. The third-order valence-electron chi connectivity index (χ3n) is 2.33. The fourth-order valence-electron chi connectivity index (χ4n) is 1.26. The van der Waals surface area contributed by atoms with E-state index in [9.17, 15) is 13.2 Å². The molecule has 1 aromatic carbocycles. The lowest BCUT2D eigenvalue weighted by atomic mass is 10.4. The first-order valence-corrected chi connectivity index (χ1v) is 10.3. The van der Waals surface area contributed by atoms with Crippen molar-refractivity contribution < 1.29 is 61.6 Å². The van der Waals surface area contributed by atoms with E-state index < -0.39 is 22.1 Å². The zero-order chi connectivity index (χ0) is 18.8. The molecule has 0 N–H and O–H groups in total. The summed E-state index contributed by atoms with van der Waals surface area (Å²) in [6.45, 7) is 1.26. The fraction of sp³-hybridized carbons (Fsp3) is 0.429. The zero-order valence-electron chi connectivity index (χ0n) is 12.7. The second-order valence-electron chi connectivity index (χ2n) is 4.26. The van der Waals surface area contributed by atoms with Crippen molar-refractivity contribution in [3.63, 3.8) is 0 Å². The van der Waals surface area contributed by atoms with E-state index in [0.29, 0.717) is 19.8 Å². The second kappa shape index (κ2) is 10.9. The van der Waals surface area contributed by atoms with Crippen molar-refractivity contribution >= 4 is 10.1 Å². The zero-order valence-corrected chi connectivity index (χ0v) is 15.6. The van der Waals surface area contributed by atoms with E-state index in [2.05, 4.69) is 22.0 Å². The van der Waals surface area contributed by atoms with Gasteiger partial charge in [0.1, 0.15) is 6.61 Å². The van der Waals surface area contributed by atoms with Crippen molar-refractivity contribution in [1.82, 2.24) is 0 Å². The molecule has 11 heteroatoms. The normalized spacial score (nSPS) is 15.5. The minimum absolute atomic E-state index is 0.227. The maximum Gasteiger partial charge on any atom is 0.485 e. The molecule has 0 aromatic heterocycles. The van der Waals surface area contributed by atoms with Gasteiger partial charge >= 0.3 is 26.7 Å². The van der Waals surface area contributed by atoms with Crippen LogP contribution >= 0.6 is 0 Å². The maximum absolute atomic E-state index is 10.7. The van der Waals surface area contributed by atoms with Crippen LogP contribution in [0.25, 0.3) is 0 Å². The second-order valence-corrected chi connectivity index (χ2v) is 7.95. The first kappa shape index (κ1) is 22.1. The molecule has 6 nitrogen and oxygen atoms in total. The summed E-state index contributed by atoms with van der Waals surface area (Å²) in [6, 6.07) is 10.3. The van der Waals surface area contributed by atoms with Gasteiger partial charge in [-0.2, -0.15) is 13.2 Å². The number of hydrogen-bond acceptors (Lipinski definition) is 6. The van der Waals surface area contributed by atoms with Crippen LogP contribution < -0.4 is 21.2 Å². The molecule has 25 heavy (non-hydrogen) atoms. The molecule has 1 aromatic rings. The Balaban J connectivity index is 0.000000333. The highest BCUT2D eigenvalue weighted by molar-refractivity contribution is 7.86. The van der Waals surface area contributed by atoms with Gasteiger partial charge < -0.3 is 18.8 Å². The monoisotopic (exact) mass is 494 g/mol. The van der Waals surface area contributed by atoms with E-state index in [1.807, 2.05) is 18.2 Å². The Kier molecular flexibility index (Phi) is 9.69. The van der Waals surface area contributed by atoms with Crippen molar-refractivity contribution in [2.45, 2.75) is 18.4 Å². The van der Waals surface area contributed by atoms with E-state index in [0.717, 1.165) is 6.42 Å². The summed E-state index contributed by atoms with van der Waals surface area (Å²) >= 11 is -0.227. The Hall–Kier alpha value is -0.910. The highest BCUT2D eigenvalue weighted by Gasteiger charge is 2.36. The third kappa shape index (κ3) is 9.97. The van der Waals surface area contributed by atoms with E-state index >= 15 is 0 Å². The van der Waals surface area contributed by atoms with Crippen molar-refractivity contribution in [2.24, 2.45) is 0 Å². The van der Waals surface area contributed by atoms with E-state index in [1.54, 1.807) is 0 Å². The van der Waals surface area contributed by atoms with Gasteiger partial charge in [-0.05, 0) is 24.5 Å². The summed E-state index contributed by atoms with van der Waals surface area (Å²) in [5.74, 6) is 3.00. The van der Waals surface area contributed by atoms with Gasteiger partial charge in [-0.1, -0.05) is 18.2 Å². The summed E-state index contributed by atoms with van der Waals surface area (Å²) in [5, 5.41) is 0. The molecule has 1 aliphatic heterocycles. The highest BCUT2D eigenvalue weighted by atomic mass is 127. The minimum Gasteiger partial charge on any atom is -0.741 e. The van der Waals surface area contributed by atoms with Gasteiger partial charge in [-0.3, -0.25) is 0 Å². The predicted octanol–water partition coefficient (Wildman–Crippen LogP) is -1.31. The maximum atomic E-state index is 10.7. The number of benzene rings is 1. The van der Waals surface area contributed by atoms with Gasteiger partial charge in [-0.15, -0.1) is 0 Å². The first-order chi connectivity index (χ1) is 11.7. The molecule has 0 radical (unpaired) electrons. The molecule has 2 rings (SSSR count). The fourth-order valence-corrected chi connectivity index (χ4v) is 2.70. The topological polar surface area (TPSA) is 84.9 Å². The van der Waals surface area contributed by atoms with Crippen molar-refractivity contribution in [3.8, 4) is 9.85 Å². The highest BCUT2D eigenvalue weighted by Crippen LogP contribution is 2.20. The molecule has 0 amide bonds. The summed E-state index contributed by atoms with van der Waals surface area (Å²) in [5.41, 5.74) is -5.65.